The molecule has 1 aromatic heterocycles. The van der Waals surface area contributed by atoms with E-state index in [-0.39, 0.29) is 6.10 Å². The van der Waals surface area contributed by atoms with E-state index in [4.69, 9.17) is 4.74 Å². The quantitative estimate of drug-likeness (QED) is 0.824. The van der Waals surface area contributed by atoms with E-state index in [1.165, 1.54) is 0 Å². The highest BCUT2D eigenvalue weighted by molar-refractivity contribution is 7.98. The number of aryl methyl sites for hydroxylation is 1. The Bertz CT molecular complexity index is 371. The molecule has 1 rings (SSSR count). The van der Waals surface area contributed by atoms with Gasteiger partial charge in [0.2, 0.25) is 11.8 Å². The van der Waals surface area contributed by atoms with Crippen LogP contribution in [0.15, 0.2) is 6.07 Å². The molecule has 0 aliphatic rings. The third-order valence-electron chi connectivity index (χ3n) is 2.32. The van der Waals surface area contributed by atoms with Crippen LogP contribution in [0, 0.1) is 6.92 Å². The van der Waals surface area contributed by atoms with Gasteiger partial charge in [-0.05, 0) is 46.1 Å². The van der Waals surface area contributed by atoms with Crippen molar-refractivity contribution in [2.24, 2.45) is 0 Å². The lowest BCUT2D eigenvalue weighted by Gasteiger charge is -2.15. The smallest absolute Gasteiger partial charge is 0.226 e. The molecule has 1 unspecified atom stereocenters. The number of anilines is 1. The van der Waals surface area contributed by atoms with E-state index < -0.39 is 0 Å². The Labute approximate surface area is 114 Å². The van der Waals surface area contributed by atoms with Crippen molar-refractivity contribution in [1.82, 2.24) is 9.97 Å². The van der Waals surface area contributed by atoms with Crippen LogP contribution >= 0.6 is 11.8 Å². The Morgan fingerprint density at radius 3 is 2.67 bits per heavy atom. The zero-order valence-corrected chi connectivity index (χ0v) is 12.7. The summed E-state index contributed by atoms with van der Waals surface area (Å²) in [5.41, 5.74) is 0.917. The van der Waals surface area contributed by atoms with Gasteiger partial charge in [0.05, 0.1) is 6.10 Å². The summed E-state index contributed by atoms with van der Waals surface area (Å²) in [6.07, 6.45) is 3.34. The molecule has 1 aromatic rings. The minimum atomic E-state index is 0.126. The Kier molecular flexibility index (Phi) is 6.25. The number of hydrogen-bond acceptors (Lipinski definition) is 5. The van der Waals surface area contributed by atoms with Crippen LogP contribution in [-0.4, -0.2) is 34.1 Å². The Morgan fingerprint density at radius 2 is 2.06 bits per heavy atom. The number of nitrogens with one attached hydrogen (secondary N) is 1. The summed E-state index contributed by atoms with van der Waals surface area (Å²) in [6.45, 7) is 8.08. The topological polar surface area (TPSA) is 47.0 Å². The molecule has 0 saturated heterocycles. The first-order valence-corrected chi connectivity index (χ1v) is 7.68. The molecule has 0 fully saturated rings. The molecule has 102 valence electrons. The first kappa shape index (κ1) is 15.1. The monoisotopic (exact) mass is 269 g/mol. The maximum Gasteiger partial charge on any atom is 0.226 e. The minimum absolute atomic E-state index is 0.126. The molecule has 5 heteroatoms. The van der Waals surface area contributed by atoms with E-state index in [9.17, 15) is 0 Å². The van der Waals surface area contributed by atoms with Crippen LogP contribution in [0.3, 0.4) is 0 Å². The van der Waals surface area contributed by atoms with E-state index in [1.807, 2.05) is 38.6 Å². The largest absolute Gasteiger partial charge is 0.475 e. The molecule has 1 heterocycles. The van der Waals surface area contributed by atoms with Gasteiger partial charge in [-0.3, -0.25) is 0 Å². The van der Waals surface area contributed by atoms with Crippen LogP contribution in [-0.2, 0) is 0 Å². The molecule has 18 heavy (non-hydrogen) atoms. The maximum atomic E-state index is 5.60. The molecular weight excluding hydrogens is 246 g/mol. The minimum Gasteiger partial charge on any atom is -0.475 e. The van der Waals surface area contributed by atoms with Crippen LogP contribution in [0.5, 0.6) is 5.88 Å². The SMILES string of the molecule is CSCCC(C)Nc1nc(C)cc(OC(C)C)n1. The third-order valence-corrected chi connectivity index (χ3v) is 2.96. The van der Waals surface area contributed by atoms with E-state index >= 15 is 0 Å². The second-order valence-electron chi connectivity index (χ2n) is 4.66. The molecule has 1 atom stereocenters. The molecule has 0 amide bonds. The summed E-state index contributed by atoms with van der Waals surface area (Å²) in [5, 5.41) is 3.32. The molecule has 0 bridgehead atoms. The highest BCUT2D eigenvalue weighted by Crippen LogP contribution is 2.15. The van der Waals surface area contributed by atoms with Gasteiger partial charge >= 0.3 is 0 Å². The molecule has 0 spiro atoms. The van der Waals surface area contributed by atoms with Crippen LogP contribution in [0.4, 0.5) is 5.95 Å². The van der Waals surface area contributed by atoms with Gasteiger partial charge in [0, 0.05) is 17.8 Å². The summed E-state index contributed by atoms with van der Waals surface area (Å²) in [6, 6.07) is 2.23. The van der Waals surface area contributed by atoms with Crippen molar-refractivity contribution in [3.05, 3.63) is 11.8 Å². The summed E-state index contributed by atoms with van der Waals surface area (Å²) < 4.78 is 5.60. The van der Waals surface area contributed by atoms with Crippen LogP contribution in [0.25, 0.3) is 0 Å². The summed E-state index contributed by atoms with van der Waals surface area (Å²) >= 11 is 1.85. The zero-order valence-electron chi connectivity index (χ0n) is 11.9. The Morgan fingerprint density at radius 1 is 1.33 bits per heavy atom. The molecule has 0 saturated carbocycles. The average molecular weight is 269 g/mol. The van der Waals surface area contributed by atoms with Gasteiger partial charge in [0.15, 0.2) is 0 Å². The number of nitrogens with zero attached hydrogens (tertiary/aromatic N) is 2. The maximum absolute atomic E-state index is 5.60. The van der Waals surface area contributed by atoms with Gasteiger partial charge in [-0.1, -0.05) is 0 Å². The lowest BCUT2D eigenvalue weighted by molar-refractivity contribution is 0.232. The van der Waals surface area contributed by atoms with Crippen LogP contribution in [0.1, 0.15) is 32.9 Å². The number of rotatable bonds is 7. The number of hydrogen-bond donors (Lipinski definition) is 1. The van der Waals surface area contributed by atoms with E-state index in [0.717, 1.165) is 17.9 Å². The molecule has 0 radical (unpaired) electrons. The van der Waals surface area contributed by atoms with Gasteiger partial charge in [-0.15, -0.1) is 0 Å². The normalized spacial score (nSPS) is 12.6. The summed E-state index contributed by atoms with van der Waals surface area (Å²) in [5.74, 6) is 2.42. The van der Waals surface area contributed by atoms with Crippen LogP contribution in [0.2, 0.25) is 0 Å². The fourth-order valence-corrected chi connectivity index (χ4v) is 2.08. The molecule has 0 aliphatic heterocycles. The van der Waals surface area contributed by atoms with Crippen molar-refractivity contribution in [1.29, 1.82) is 0 Å². The van der Waals surface area contributed by atoms with Gasteiger partial charge in [0.25, 0.3) is 0 Å². The zero-order chi connectivity index (χ0) is 13.5. The first-order chi connectivity index (χ1) is 8.51. The Hall–Kier alpha value is -0.970. The van der Waals surface area contributed by atoms with Crippen molar-refractivity contribution >= 4 is 17.7 Å². The molecular formula is C13H23N3OS. The third kappa shape index (κ3) is 5.58. The predicted octanol–water partition coefficient (Wildman–Crippen LogP) is 3.13. The average Bonchev–Trinajstić information content (AvgIpc) is 2.24. The lowest BCUT2D eigenvalue weighted by Crippen LogP contribution is -2.18. The van der Waals surface area contributed by atoms with E-state index in [2.05, 4.69) is 28.5 Å². The van der Waals surface area contributed by atoms with Gasteiger partial charge in [-0.2, -0.15) is 16.7 Å². The highest BCUT2D eigenvalue weighted by Gasteiger charge is 2.07. The number of ether oxygens (including phenoxy) is 1. The molecule has 0 aliphatic carbocycles. The van der Waals surface area contributed by atoms with Gasteiger partial charge in [0.1, 0.15) is 0 Å². The first-order valence-electron chi connectivity index (χ1n) is 6.29. The summed E-state index contributed by atoms with van der Waals surface area (Å²) in [7, 11) is 0. The van der Waals surface area contributed by atoms with Crippen LogP contribution < -0.4 is 10.1 Å². The predicted molar refractivity (Wildman–Crippen MR) is 78.6 cm³/mol. The lowest BCUT2D eigenvalue weighted by atomic mass is 10.3. The molecule has 4 nitrogen and oxygen atoms in total. The van der Waals surface area contributed by atoms with E-state index in [1.54, 1.807) is 0 Å². The standard InChI is InChI=1S/C13H23N3OS/c1-9(2)17-12-8-11(4)15-13(16-12)14-10(3)6-7-18-5/h8-10H,6-7H2,1-5H3,(H,14,15,16). The van der Waals surface area contributed by atoms with Gasteiger partial charge in [-0.25, -0.2) is 4.98 Å². The second kappa shape index (κ2) is 7.46. The summed E-state index contributed by atoms with van der Waals surface area (Å²) in [4.78, 5) is 8.75. The van der Waals surface area contributed by atoms with Crippen molar-refractivity contribution in [2.45, 2.75) is 46.3 Å². The van der Waals surface area contributed by atoms with Gasteiger partial charge < -0.3 is 10.1 Å². The number of aromatic nitrogens is 2. The fraction of sp³-hybridized carbons (Fsp3) is 0.692. The fourth-order valence-electron chi connectivity index (χ4n) is 1.49. The molecule has 0 aromatic carbocycles. The Balaban J connectivity index is 2.67. The van der Waals surface area contributed by atoms with Crippen molar-refractivity contribution in [3.8, 4) is 5.88 Å². The van der Waals surface area contributed by atoms with Crippen molar-refractivity contribution < 1.29 is 4.74 Å². The van der Waals surface area contributed by atoms with Crippen molar-refractivity contribution in [2.75, 3.05) is 17.3 Å². The van der Waals surface area contributed by atoms with E-state index in [0.29, 0.717) is 17.9 Å². The molecule has 1 N–H and O–H groups in total. The highest BCUT2D eigenvalue weighted by atomic mass is 32.2. The second-order valence-corrected chi connectivity index (χ2v) is 5.65. The number of thioether (sulfide) groups is 1. The van der Waals surface area contributed by atoms with Crippen molar-refractivity contribution in [3.63, 3.8) is 0 Å².